The number of ether oxygens (including phenoxy) is 2. The van der Waals surface area contributed by atoms with E-state index in [0.717, 1.165) is 44.9 Å². The molecular formula is C72H136O5. The molecule has 0 saturated carbocycles. The minimum absolute atomic E-state index is 0.0596. The van der Waals surface area contributed by atoms with Crippen LogP contribution >= 0.6 is 0 Å². The molecule has 0 rings (SSSR count). The number of unbranched alkanes of at least 4 members (excludes halogenated alkanes) is 52. The molecule has 0 aromatic carbocycles. The summed E-state index contributed by atoms with van der Waals surface area (Å²) in [5, 5.41) is 9.70. The molecule has 454 valence electrons. The van der Waals surface area contributed by atoms with Crippen LogP contribution in [0.3, 0.4) is 0 Å². The molecule has 1 N–H and O–H groups in total. The standard InChI is InChI=1S/C72H136O5/c1-3-5-7-9-11-13-15-17-19-21-23-25-27-29-31-33-35-37-38-40-42-44-46-48-50-52-54-56-58-60-62-64-66-71(74)76-69-70(68-73)77-72(75)67-65-63-61-59-57-55-53-51-49-47-45-43-41-39-36-34-32-30-28-26-24-22-20-18-16-14-12-10-8-6-4-2/h16,18,22,24,28,30,70,73H,3-15,17,19-21,23,25-27,29,31-69H2,1-2H3/b18-16-,24-22-,30-28-. The Bertz CT molecular complexity index is 1220. The Hall–Kier alpha value is -1.88. The summed E-state index contributed by atoms with van der Waals surface area (Å²) in [7, 11) is 0. The van der Waals surface area contributed by atoms with E-state index in [9.17, 15) is 14.7 Å². The third-order valence-corrected chi connectivity index (χ3v) is 16.2. The molecule has 0 aliphatic carbocycles. The minimum atomic E-state index is -0.770. The Balaban J connectivity index is 3.39. The SMILES string of the molecule is CCCCCCC/C=C\C/C=C\C/C=C\CCCCCCCCCCCCCCCCCCC(=O)OC(CO)COC(=O)CCCCCCCCCCCCCCCCCCCCCCCCCCCCCCCCCC. The van der Waals surface area contributed by atoms with Crippen LogP contribution < -0.4 is 0 Å². The predicted molar refractivity (Wildman–Crippen MR) is 339 cm³/mol. The van der Waals surface area contributed by atoms with Crippen molar-refractivity contribution in [3.8, 4) is 0 Å². The molecule has 0 radical (unpaired) electrons. The lowest BCUT2D eigenvalue weighted by molar-refractivity contribution is -0.161. The average Bonchev–Trinajstić information content (AvgIpc) is 3.43. The smallest absolute Gasteiger partial charge is 0.306 e. The lowest BCUT2D eigenvalue weighted by Crippen LogP contribution is -2.28. The summed E-state index contributed by atoms with van der Waals surface area (Å²) in [6.07, 6.45) is 90.4. The number of hydrogen-bond donors (Lipinski definition) is 1. The number of esters is 2. The molecule has 0 aromatic rings. The van der Waals surface area contributed by atoms with Gasteiger partial charge in [0, 0.05) is 12.8 Å². The summed E-state index contributed by atoms with van der Waals surface area (Å²) in [4.78, 5) is 24.6. The maximum Gasteiger partial charge on any atom is 0.306 e. The number of aliphatic hydroxyl groups is 1. The number of allylic oxidation sites excluding steroid dienone is 6. The van der Waals surface area contributed by atoms with Crippen LogP contribution in [-0.2, 0) is 19.1 Å². The maximum atomic E-state index is 12.4. The van der Waals surface area contributed by atoms with Crippen molar-refractivity contribution in [3.05, 3.63) is 36.5 Å². The van der Waals surface area contributed by atoms with Crippen molar-refractivity contribution in [3.63, 3.8) is 0 Å². The zero-order chi connectivity index (χ0) is 55.5. The Kier molecular flexibility index (Phi) is 66.7. The Morgan fingerprint density at radius 3 is 0.779 bits per heavy atom. The van der Waals surface area contributed by atoms with E-state index in [4.69, 9.17) is 9.47 Å². The van der Waals surface area contributed by atoms with Gasteiger partial charge in [0.1, 0.15) is 6.61 Å². The first kappa shape index (κ1) is 75.1. The van der Waals surface area contributed by atoms with E-state index in [-0.39, 0.29) is 25.2 Å². The second kappa shape index (κ2) is 68.4. The molecule has 0 bridgehead atoms. The van der Waals surface area contributed by atoms with Crippen LogP contribution in [0.5, 0.6) is 0 Å². The van der Waals surface area contributed by atoms with Crippen molar-refractivity contribution >= 4 is 11.9 Å². The number of carbonyl (C=O) groups is 2. The summed E-state index contributed by atoms with van der Waals surface area (Å²) >= 11 is 0. The second-order valence-corrected chi connectivity index (χ2v) is 24.0. The summed E-state index contributed by atoms with van der Waals surface area (Å²) in [6.45, 7) is 4.19. The number of hydrogen-bond acceptors (Lipinski definition) is 5. The fourth-order valence-corrected chi connectivity index (χ4v) is 10.9. The first-order valence-corrected chi connectivity index (χ1v) is 35.0. The van der Waals surface area contributed by atoms with Gasteiger partial charge in [-0.2, -0.15) is 0 Å². The van der Waals surface area contributed by atoms with Gasteiger partial charge in [-0.15, -0.1) is 0 Å². The minimum Gasteiger partial charge on any atom is -0.462 e. The highest BCUT2D eigenvalue weighted by Crippen LogP contribution is 2.19. The van der Waals surface area contributed by atoms with E-state index >= 15 is 0 Å². The van der Waals surface area contributed by atoms with Gasteiger partial charge in [0.25, 0.3) is 0 Å². The van der Waals surface area contributed by atoms with E-state index in [2.05, 4.69) is 50.3 Å². The normalized spacial score (nSPS) is 12.3. The summed E-state index contributed by atoms with van der Waals surface area (Å²) in [5.74, 6) is -0.567. The Morgan fingerprint density at radius 1 is 0.299 bits per heavy atom. The molecule has 0 amide bonds. The van der Waals surface area contributed by atoms with Crippen LogP contribution in [0.1, 0.15) is 393 Å². The summed E-state index contributed by atoms with van der Waals surface area (Å²) in [5.41, 5.74) is 0. The van der Waals surface area contributed by atoms with E-state index in [1.807, 2.05) is 0 Å². The highest BCUT2D eigenvalue weighted by molar-refractivity contribution is 5.70. The molecule has 0 fully saturated rings. The Labute approximate surface area is 482 Å². The van der Waals surface area contributed by atoms with Gasteiger partial charge in [0.2, 0.25) is 0 Å². The molecule has 0 aliphatic rings. The molecule has 5 heteroatoms. The van der Waals surface area contributed by atoms with Crippen molar-refractivity contribution in [1.29, 1.82) is 0 Å². The molecule has 0 spiro atoms. The van der Waals surface area contributed by atoms with Gasteiger partial charge >= 0.3 is 11.9 Å². The first-order valence-electron chi connectivity index (χ1n) is 35.0. The van der Waals surface area contributed by atoms with Gasteiger partial charge in [0.05, 0.1) is 6.61 Å². The monoisotopic (exact) mass is 1080 g/mol. The molecule has 0 aliphatic heterocycles. The van der Waals surface area contributed by atoms with Gasteiger partial charge < -0.3 is 14.6 Å². The summed E-state index contributed by atoms with van der Waals surface area (Å²) in [6, 6.07) is 0. The second-order valence-electron chi connectivity index (χ2n) is 24.0. The van der Waals surface area contributed by atoms with Crippen molar-refractivity contribution in [2.75, 3.05) is 13.2 Å². The lowest BCUT2D eigenvalue weighted by Gasteiger charge is -2.15. The first-order chi connectivity index (χ1) is 38.1. The van der Waals surface area contributed by atoms with E-state index < -0.39 is 6.10 Å². The van der Waals surface area contributed by atoms with Crippen molar-refractivity contribution in [2.24, 2.45) is 0 Å². The molecule has 1 atom stereocenters. The lowest BCUT2D eigenvalue weighted by atomic mass is 10.0. The zero-order valence-corrected chi connectivity index (χ0v) is 52.3. The van der Waals surface area contributed by atoms with Crippen LogP contribution in [0.25, 0.3) is 0 Å². The van der Waals surface area contributed by atoms with Gasteiger partial charge in [-0.1, -0.05) is 365 Å². The quantitative estimate of drug-likeness (QED) is 0.0373. The van der Waals surface area contributed by atoms with Gasteiger partial charge in [0.15, 0.2) is 6.10 Å². The van der Waals surface area contributed by atoms with Crippen LogP contribution in [0, 0.1) is 0 Å². The Morgan fingerprint density at radius 2 is 0.519 bits per heavy atom. The van der Waals surface area contributed by atoms with E-state index in [0.29, 0.717) is 12.8 Å². The van der Waals surface area contributed by atoms with E-state index in [1.54, 1.807) is 0 Å². The predicted octanol–water partition coefficient (Wildman–Crippen LogP) is 24.2. The van der Waals surface area contributed by atoms with Gasteiger partial charge in [-0.25, -0.2) is 0 Å². The highest BCUT2D eigenvalue weighted by Gasteiger charge is 2.16. The molecule has 77 heavy (non-hydrogen) atoms. The van der Waals surface area contributed by atoms with E-state index in [1.165, 1.54) is 321 Å². The fraction of sp³-hybridized carbons (Fsp3) is 0.889. The number of aliphatic hydroxyl groups excluding tert-OH is 1. The largest absolute Gasteiger partial charge is 0.462 e. The number of carbonyl (C=O) groups excluding carboxylic acids is 2. The van der Waals surface area contributed by atoms with Crippen LogP contribution in [0.15, 0.2) is 36.5 Å². The highest BCUT2D eigenvalue weighted by atomic mass is 16.6. The van der Waals surface area contributed by atoms with Crippen molar-refractivity contribution in [2.45, 2.75) is 399 Å². The molecule has 1 unspecified atom stereocenters. The fourth-order valence-electron chi connectivity index (χ4n) is 10.9. The van der Waals surface area contributed by atoms with Crippen molar-refractivity contribution < 1.29 is 24.2 Å². The summed E-state index contributed by atoms with van der Waals surface area (Å²) < 4.78 is 10.8. The molecular weight excluding hydrogens is 945 g/mol. The topological polar surface area (TPSA) is 72.8 Å². The van der Waals surface area contributed by atoms with Crippen molar-refractivity contribution in [1.82, 2.24) is 0 Å². The number of rotatable bonds is 66. The zero-order valence-electron chi connectivity index (χ0n) is 52.3. The molecule has 0 heterocycles. The average molecular weight is 1080 g/mol. The third kappa shape index (κ3) is 66.5. The van der Waals surface area contributed by atoms with Crippen LogP contribution in [0.2, 0.25) is 0 Å². The van der Waals surface area contributed by atoms with Gasteiger partial charge in [-0.3, -0.25) is 9.59 Å². The van der Waals surface area contributed by atoms with Crippen LogP contribution in [0.4, 0.5) is 0 Å². The molecule has 5 nitrogen and oxygen atoms in total. The van der Waals surface area contributed by atoms with Crippen LogP contribution in [-0.4, -0.2) is 36.4 Å². The molecule has 0 aromatic heterocycles. The molecule has 0 saturated heterocycles. The maximum absolute atomic E-state index is 12.4. The van der Waals surface area contributed by atoms with Gasteiger partial charge in [-0.05, 0) is 51.4 Å². The third-order valence-electron chi connectivity index (χ3n) is 16.2.